The first-order chi connectivity index (χ1) is 13.3. The average Bonchev–Trinajstić information content (AvgIpc) is 3.05. The average molecular weight is 398 g/mol. The summed E-state index contributed by atoms with van der Waals surface area (Å²) >= 11 is 5.91. The van der Waals surface area contributed by atoms with Gasteiger partial charge in [0.05, 0.1) is 12.2 Å². The number of rotatable bonds is 5. The molecule has 144 valence electrons. The zero-order chi connectivity index (χ0) is 20.3. The molecular weight excluding hydrogens is 378 g/mol. The lowest BCUT2D eigenvalue weighted by Crippen LogP contribution is -2.35. The van der Waals surface area contributed by atoms with Crippen LogP contribution in [0, 0.1) is 13.8 Å². The minimum absolute atomic E-state index is 0.0260. The maximum atomic E-state index is 12.6. The van der Waals surface area contributed by atoms with E-state index >= 15 is 0 Å². The van der Waals surface area contributed by atoms with Gasteiger partial charge in [0, 0.05) is 17.8 Å². The van der Waals surface area contributed by atoms with Crippen molar-refractivity contribution >= 4 is 29.1 Å². The molecule has 1 N–H and O–H groups in total. The van der Waals surface area contributed by atoms with Crippen molar-refractivity contribution in [1.29, 1.82) is 0 Å². The van der Waals surface area contributed by atoms with Crippen molar-refractivity contribution in [2.24, 2.45) is 0 Å². The molecule has 3 aromatic rings. The SMILES string of the molecule is Cc1ccc(NC(=O)CN(C)C(=O)c2nc(C)n(-c3ccc(Cl)cc3)n2)cc1. The van der Waals surface area contributed by atoms with Crippen LogP contribution in [-0.2, 0) is 4.79 Å². The number of amides is 2. The van der Waals surface area contributed by atoms with Crippen LogP contribution in [0.4, 0.5) is 5.69 Å². The maximum absolute atomic E-state index is 12.6. The van der Waals surface area contributed by atoms with E-state index in [2.05, 4.69) is 15.4 Å². The van der Waals surface area contributed by atoms with Gasteiger partial charge in [-0.05, 0) is 50.2 Å². The number of carbonyl (C=O) groups is 2. The fourth-order valence-corrected chi connectivity index (χ4v) is 2.73. The van der Waals surface area contributed by atoms with Gasteiger partial charge in [-0.2, -0.15) is 0 Å². The summed E-state index contributed by atoms with van der Waals surface area (Å²) in [5.74, 6) is -0.148. The molecule has 0 unspecified atom stereocenters. The van der Waals surface area contributed by atoms with Gasteiger partial charge in [0.15, 0.2) is 0 Å². The van der Waals surface area contributed by atoms with Gasteiger partial charge >= 0.3 is 0 Å². The molecule has 1 heterocycles. The first-order valence-electron chi connectivity index (χ1n) is 8.65. The Morgan fingerprint density at radius 1 is 1.07 bits per heavy atom. The first-order valence-corrected chi connectivity index (χ1v) is 9.03. The summed E-state index contributed by atoms with van der Waals surface area (Å²) in [4.78, 5) is 30.3. The largest absolute Gasteiger partial charge is 0.330 e. The van der Waals surface area contributed by atoms with Crippen molar-refractivity contribution in [1.82, 2.24) is 19.7 Å². The molecule has 8 heteroatoms. The molecule has 0 atom stereocenters. The van der Waals surface area contributed by atoms with E-state index in [1.807, 2.05) is 31.2 Å². The Labute approximate surface area is 167 Å². The molecule has 28 heavy (non-hydrogen) atoms. The standard InChI is InChI=1S/C20H20ClN5O2/c1-13-4-8-16(9-5-13)23-18(27)12-25(3)20(28)19-22-14(2)26(24-19)17-10-6-15(21)7-11-17/h4-11H,12H2,1-3H3,(H,23,27). The van der Waals surface area contributed by atoms with Crippen LogP contribution < -0.4 is 5.32 Å². The summed E-state index contributed by atoms with van der Waals surface area (Å²) in [6.07, 6.45) is 0. The predicted molar refractivity (Wildman–Crippen MR) is 108 cm³/mol. The van der Waals surface area contributed by atoms with Crippen LogP contribution in [0.2, 0.25) is 5.02 Å². The monoisotopic (exact) mass is 397 g/mol. The Balaban J connectivity index is 1.67. The predicted octanol–water partition coefficient (Wildman–Crippen LogP) is 3.25. The molecule has 0 bridgehead atoms. The molecule has 2 amide bonds. The van der Waals surface area contributed by atoms with E-state index in [9.17, 15) is 9.59 Å². The van der Waals surface area contributed by atoms with Crippen LogP contribution in [0.5, 0.6) is 0 Å². The topological polar surface area (TPSA) is 80.1 Å². The highest BCUT2D eigenvalue weighted by Crippen LogP contribution is 2.15. The number of benzene rings is 2. The van der Waals surface area contributed by atoms with E-state index in [0.29, 0.717) is 16.5 Å². The van der Waals surface area contributed by atoms with E-state index in [-0.39, 0.29) is 18.3 Å². The molecule has 7 nitrogen and oxygen atoms in total. The molecule has 0 saturated carbocycles. The van der Waals surface area contributed by atoms with Gasteiger partial charge in [0.1, 0.15) is 5.82 Å². The summed E-state index contributed by atoms with van der Waals surface area (Å²) in [5.41, 5.74) is 2.52. The molecule has 0 radical (unpaired) electrons. The van der Waals surface area contributed by atoms with Crippen LogP contribution in [0.25, 0.3) is 5.69 Å². The molecule has 0 saturated heterocycles. The van der Waals surface area contributed by atoms with E-state index < -0.39 is 5.91 Å². The number of anilines is 1. The van der Waals surface area contributed by atoms with E-state index in [1.54, 1.807) is 35.9 Å². The van der Waals surface area contributed by atoms with Crippen molar-refractivity contribution in [2.45, 2.75) is 13.8 Å². The maximum Gasteiger partial charge on any atom is 0.293 e. The number of halogens is 1. The summed E-state index contributed by atoms with van der Waals surface area (Å²) < 4.78 is 1.56. The Kier molecular flexibility index (Phi) is 5.75. The Morgan fingerprint density at radius 2 is 1.71 bits per heavy atom. The van der Waals surface area contributed by atoms with Crippen LogP contribution in [-0.4, -0.2) is 45.1 Å². The third-order valence-corrected chi connectivity index (χ3v) is 4.35. The fraction of sp³-hybridized carbons (Fsp3) is 0.200. The quantitative estimate of drug-likeness (QED) is 0.716. The molecule has 2 aromatic carbocycles. The zero-order valence-corrected chi connectivity index (χ0v) is 16.6. The van der Waals surface area contributed by atoms with Gasteiger partial charge in [-0.25, -0.2) is 9.67 Å². The highest BCUT2D eigenvalue weighted by molar-refractivity contribution is 6.30. The molecular formula is C20H20ClN5O2. The van der Waals surface area contributed by atoms with Gasteiger partial charge in [0.2, 0.25) is 11.7 Å². The molecule has 0 fully saturated rings. The number of nitrogens with one attached hydrogen (secondary N) is 1. The smallest absolute Gasteiger partial charge is 0.293 e. The summed E-state index contributed by atoms with van der Waals surface area (Å²) in [6.45, 7) is 3.61. The number of aromatic nitrogens is 3. The summed E-state index contributed by atoms with van der Waals surface area (Å²) in [5, 5.41) is 7.64. The molecule has 3 rings (SSSR count). The Hall–Kier alpha value is -3.19. The van der Waals surface area contributed by atoms with E-state index in [4.69, 9.17) is 11.6 Å². The number of hydrogen-bond acceptors (Lipinski definition) is 4. The highest BCUT2D eigenvalue weighted by atomic mass is 35.5. The number of aryl methyl sites for hydroxylation is 2. The Morgan fingerprint density at radius 3 is 2.36 bits per heavy atom. The molecule has 1 aromatic heterocycles. The third-order valence-electron chi connectivity index (χ3n) is 4.09. The van der Waals surface area contributed by atoms with Gasteiger partial charge in [-0.15, -0.1) is 5.10 Å². The molecule has 0 spiro atoms. The van der Waals surface area contributed by atoms with Gasteiger partial charge in [0.25, 0.3) is 5.91 Å². The lowest BCUT2D eigenvalue weighted by Gasteiger charge is -2.15. The number of nitrogens with zero attached hydrogens (tertiary/aromatic N) is 4. The Bertz CT molecular complexity index is 996. The zero-order valence-electron chi connectivity index (χ0n) is 15.8. The van der Waals surface area contributed by atoms with Crippen LogP contribution in [0.1, 0.15) is 22.0 Å². The van der Waals surface area contributed by atoms with Crippen molar-refractivity contribution in [3.63, 3.8) is 0 Å². The molecule has 0 aliphatic rings. The van der Waals surface area contributed by atoms with Crippen molar-refractivity contribution < 1.29 is 9.59 Å². The third kappa shape index (κ3) is 4.55. The summed E-state index contributed by atoms with van der Waals surface area (Å²) in [7, 11) is 1.54. The lowest BCUT2D eigenvalue weighted by molar-refractivity contribution is -0.116. The highest BCUT2D eigenvalue weighted by Gasteiger charge is 2.21. The van der Waals surface area contributed by atoms with Crippen molar-refractivity contribution in [3.05, 3.63) is 70.8 Å². The van der Waals surface area contributed by atoms with E-state index in [0.717, 1.165) is 11.3 Å². The second kappa shape index (κ2) is 8.22. The normalized spacial score (nSPS) is 10.6. The van der Waals surface area contributed by atoms with Crippen LogP contribution in [0.3, 0.4) is 0 Å². The van der Waals surface area contributed by atoms with Crippen LogP contribution in [0.15, 0.2) is 48.5 Å². The van der Waals surface area contributed by atoms with Crippen molar-refractivity contribution in [2.75, 3.05) is 18.9 Å². The van der Waals surface area contributed by atoms with Crippen molar-refractivity contribution in [3.8, 4) is 5.69 Å². The van der Waals surface area contributed by atoms with Gasteiger partial charge < -0.3 is 10.2 Å². The number of carbonyl (C=O) groups excluding carboxylic acids is 2. The second-order valence-corrected chi connectivity index (χ2v) is 6.88. The first kappa shape index (κ1) is 19.6. The summed E-state index contributed by atoms with van der Waals surface area (Å²) in [6, 6.07) is 14.5. The number of likely N-dealkylation sites (N-methyl/N-ethyl adjacent to an activating group) is 1. The van der Waals surface area contributed by atoms with Crippen LogP contribution >= 0.6 is 11.6 Å². The second-order valence-electron chi connectivity index (χ2n) is 6.45. The molecule has 0 aliphatic heterocycles. The number of hydrogen-bond donors (Lipinski definition) is 1. The minimum atomic E-state index is -0.435. The minimum Gasteiger partial charge on any atom is -0.330 e. The van der Waals surface area contributed by atoms with Gasteiger partial charge in [-0.1, -0.05) is 29.3 Å². The van der Waals surface area contributed by atoms with Gasteiger partial charge in [-0.3, -0.25) is 9.59 Å². The lowest BCUT2D eigenvalue weighted by atomic mass is 10.2. The molecule has 0 aliphatic carbocycles. The van der Waals surface area contributed by atoms with E-state index in [1.165, 1.54) is 11.9 Å². The fourth-order valence-electron chi connectivity index (χ4n) is 2.60.